The largest absolute Gasteiger partial charge is 0.387 e. The molecule has 1 aromatic rings. The third kappa shape index (κ3) is 3.03. The molecule has 1 fully saturated rings. The monoisotopic (exact) mass is 220 g/mol. The first kappa shape index (κ1) is 11.6. The van der Waals surface area contributed by atoms with Crippen molar-refractivity contribution in [3.05, 3.63) is 30.1 Å². The minimum Gasteiger partial charge on any atom is -0.387 e. The first-order chi connectivity index (χ1) is 7.81. The highest BCUT2D eigenvalue weighted by Crippen LogP contribution is 2.34. The predicted molar refractivity (Wildman–Crippen MR) is 64.0 cm³/mol. The molecule has 0 aliphatic heterocycles. The maximum absolute atomic E-state index is 9.98. The van der Waals surface area contributed by atoms with Crippen LogP contribution < -0.4 is 5.32 Å². The van der Waals surface area contributed by atoms with E-state index >= 15 is 0 Å². The highest BCUT2D eigenvalue weighted by molar-refractivity contribution is 5.13. The molecular weight excluding hydrogens is 200 g/mol. The molecule has 3 nitrogen and oxygen atoms in total. The number of aromatic nitrogens is 1. The Morgan fingerprint density at radius 2 is 2.12 bits per heavy atom. The second-order valence-electron chi connectivity index (χ2n) is 4.56. The SMILES string of the molecule is CCC(NCC(O)c1ccncc1)C1CC1. The molecule has 2 unspecified atom stereocenters. The van der Waals surface area contributed by atoms with Crippen molar-refractivity contribution in [3.8, 4) is 0 Å². The molecule has 2 N–H and O–H groups in total. The highest BCUT2D eigenvalue weighted by atomic mass is 16.3. The van der Waals surface area contributed by atoms with E-state index in [9.17, 15) is 5.11 Å². The number of nitrogens with one attached hydrogen (secondary N) is 1. The van der Waals surface area contributed by atoms with Crippen LogP contribution in [-0.2, 0) is 0 Å². The van der Waals surface area contributed by atoms with Crippen LogP contribution in [0.15, 0.2) is 24.5 Å². The van der Waals surface area contributed by atoms with Crippen LogP contribution in [0.1, 0.15) is 37.9 Å². The van der Waals surface area contributed by atoms with Gasteiger partial charge in [-0.25, -0.2) is 0 Å². The Kier molecular flexibility index (Phi) is 3.91. The van der Waals surface area contributed by atoms with Gasteiger partial charge in [-0.3, -0.25) is 4.98 Å². The number of hydrogen-bond donors (Lipinski definition) is 2. The highest BCUT2D eigenvalue weighted by Gasteiger charge is 2.29. The number of aliphatic hydroxyl groups excluding tert-OH is 1. The lowest BCUT2D eigenvalue weighted by Crippen LogP contribution is -2.33. The molecule has 0 aromatic carbocycles. The van der Waals surface area contributed by atoms with Crippen molar-refractivity contribution in [3.63, 3.8) is 0 Å². The summed E-state index contributed by atoms with van der Waals surface area (Å²) in [5.41, 5.74) is 0.938. The fourth-order valence-electron chi connectivity index (χ4n) is 2.11. The third-order valence-electron chi connectivity index (χ3n) is 3.30. The van der Waals surface area contributed by atoms with Gasteiger partial charge in [0.05, 0.1) is 6.10 Å². The minimum absolute atomic E-state index is 0.421. The zero-order valence-electron chi connectivity index (χ0n) is 9.76. The predicted octanol–water partition coefficient (Wildman–Crippen LogP) is 1.89. The second-order valence-corrected chi connectivity index (χ2v) is 4.56. The molecule has 1 aliphatic rings. The standard InChI is InChI=1S/C13H20N2O/c1-2-12(10-3-4-10)15-9-13(16)11-5-7-14-8-6-11/h5-8,10,12-13,15-16H,2-4,9H2,1H3. The Labute approximate surface area is 96.9 Å². The van der Waals surface area contributed by atoms with Gasteiger partial charge in [-0.15, -0.1) is 0 Å². The van der Waals surface area contributed by atoms with Gasteiger partial charge in [0.1, 0.15) is 0 Å². The Bertz CT molecular complexity index is 311. The molecule has 2 atom stereocenters. The van der Waals surface area contributed by atoms with Crippen LogP contribution in [0.4, 0.5) is 0 Å². The summed E-state index contributed by atoms with van der Waals surface area (Å²) in [6, 6.07) is 4.31. The summed E-state index contributed by atoms with van der Waals surface area (Å²) in [6.45, 7) is 2.84. The maximum atomic E-state index is 9.98. The van der Waals surface area contributed by atoms with E-state index in [1.54, 1.807) is 12.4 Å². The van der Waals surface area contributed by atoms with Crippen LogP contribution >= 0.6 is 0 Å². The van der Waals surface area contributed by atoms with E-state index in [1.165, 1.54) is 12.8 Å². The molecule has 0 spiro atoms. The van der Waals surface area contributed by atoms with Crippen LogP contribution in [0.2, 0.25) is 0 Å². The van der Waals surface area contributed by atoms with Gasteiger partial charge >= 0.3 is 0 Å². The third-order valence-corrected chi connectivity index (χ3v) is 3.30. The molecule has 1 heterocycles. The van der Waals surface area contributed by atoms with Crippen molar-refractivity contribution in [1.82, 2.24) is 10.3 Å². The Morgan fingerprint density at radius 3 is 2.69 bits per heavy atom. The van der Waals surface area contributed by atoms with Gasteiger partial charge in [0.15, 0.2) is 0 Å². The molecule has 1 saturated carbocycles. The van der Waals surface area contributed by atoms with E-state index in [4.69, 9.17) is 0 Å². The van der Waals surface area contributed by atoms with Crippen molar-refractivity contribution in [1.29, 1.82) is 0 Å². The molecule has 0 amide bonds. The zero-order chi connectivity index (χ0) is 11.4. The van der Waals surface area contributed by atoms with Crippen LogP contribution in [0.25, 0.3) is 0 Å². The van der Waals surface area contributed by atoms with E-state index < -0.39 is 6.10 Å². The Morgan fingerprint density at radius 1 is 1.44 bits per heavy atom. The van der Waals surface area contributed by atoms with Gasteiger partial charge < -0.3 is 10.4 Å². The maximum Gasteiger partial charge on any atom is 0.0915 e. The van der Waals surface area contributed by atoms with E-state index in [0.29, 0.717) is 12.6 Å². The molecule has 0 saturated heterocycles. The average molecular weight is 220 g/mol. The van der Waals surface area contributed by atoms with Gasteiger partial charge in [-0.1, -0.05) is 6.92 Å². The van der Waals surface area contributed by atoms with Crippen LogP contribution in [0.3, 0.4) is 0 Å². The van der Waals surface area contributed by atoms with Crippen LogP contribution in [0, 0.1) is 5.92 Å². The van der Waals surface area contributed by atoms with E-state index in [2.05, 4.69) is 17.2 Å². The summed E-state index contributed by atoms with van der Waals surface area (Å²) in [5.74, 6) is 0.842. The molecular formula is C13H20N2O. The quantitative estimate of drug-likeness (QED) is 0.769. The number of rotatable bonds is 6. The van der Waals surface area contributed by atoms with Gasteiger partial charge in [-0.05, 0) is 42.9 Å². The van der Waals surface area contributed by atoms with Crippen molar-refractivity contribution >= 4 is 0 Å². The van der Waals surface area contributed by atoms with Gasteiger partial charge in [0, 0.05) is 25.0 Å². The van der Waals surface area contributed by atoms with E-state index in [0.717, 1.165) is 17.9 Å². The van der Waals surface area contributed by atoms with Crippen molar-refractivity contribution in [2.75, 3.05) is 6.54 Å². The minimum atomic E-state index is -0.421. The first-order valence-electron chi connectivity index (χ1n) is 6.12. The van der Waals surface area contributed by atoms with E-state index in [-0.39, 0.29) is 0 Å². The number of nitrogens with zero attached hydrogens (tertiary/aromatic N) is 1. The lowest BCUT2D eigenvalue weighted by Gasteiger charge is -2.19. The molecule has 2 rings (SSSR count). The zero-order valence-corrected chi connectivity index (χ0v) is 9.76. The second kappa shape index (κ2) is 5.41. The Balaban J connectivity index is 1.80. The molecule has 88 valence electrons. The van der Waals surface area contributed by atoms with Gasteiger partial charge in [-0.2, -0.15) is 0 Å². The summed E-state index contributed by atoms with van der Waals surface area (Å²) in [5, 5.41) is 13.4. The fraction of sp³-hybridized carbons (Fsp3) is 0.615. The van der Waals surface area contributed by atoms with Crippen molar-refractivity contribution in [2.24, 2.45) is 5.92 Å². The molecule has 16 heavy (non-hydrogen) atoms. The smallest absolute Gasteiger partial charge is 0.0915 e. The molecule has 0 radical (unpaired) electrons. The number of hydrogen-bond acceptors (Lipinski definition) is 3. The molecule has 0 bridgehead atoms. The van der Waals surface area contributed by atoms with Crippen LogP contribution in [-0.4, -0.2) is 22.7 Å². The van der Waals surface area contributed by atoms with Crippen molar-refractivity contribution < 1.29 is 5.11 Å². The lowest BCUT2D eigenvalue weighted by atomic mass is 10.1. The number of pyridine rings is 1. The molecule has 1 aromatic heterocycles. The lowest BCUT2D eigenvalue weighted by molar-refractivity contribution is 0.167. The van der Waals surface area contributed by atoms with Gasteiger partial charge in [0.25, 0.3) is 0 Å². The topological polar surface area (TPSA) is 45.1 Å². The summed E-state index contributed by atoms with van der Waals surface area (Å²) in [7, 11) is 0. The van der Waals surface area contributed by atoms with Gasteiger partial charge in [0.2, 0.25) is 0 Å². The van der Waals surface area contributed by atoms with E-state index in [1.807, 2.05) is 12.1 Å². The summed E-state index contributed by atoms with van der Waals surface area (Å²) in [6.07, 6.45) is 6.85. The normalized spacial score (nSPS) is 19.4. The summed E-state index contributed by atoms with van der Waals surface area (Å²) < 4.78 is 0. The summed E-state index contributed by atoms with van der Waals surface area (Å²) in [4.78, 5) is 3.95. The van der Waals surface area contributed by atoms with Crippen molar-refractivity contribution in [2.45, 2.75) is 38.3 Å². The van der Waals surface area contributed by atoms with Crippen LogP contribution in [0.5, 0.6) is 0 Å². The first-order valence-corrected chi connectivity index (χ1v) is 6.12. The molecule has 3 heteroatoms. The summed E-state index contributed by atoms with van der Waals surface area (Å²) >= 11 is 0. The fourth-order valence-corrected chi connectivity index (χ4v) is 2.11. The molecule has 1 aliphatic carbocycles. The Hall–Kier alpha value is -0.930. The average Bonchev–Trinajstić information content (AvgIpc) is 3.15. The number of aliphatic hydroxyl groups is 1.